The summed E-state index contributed by atoms with van der Waals surface area (Å²) in [4.78, 5) is 14.6. The highest BCUT2D eigenvalue weighted by Gasteiger charge is 2.27. The maximum atomic E-state index is 12.3. The predicted octanol–water partition coefficient (Wildman–Crippen LogP) is 1.24. The summed E-state index contributed by atoms with van der Waals surface area (Å²) in [6, 6.07) is 0.148. The van der Waals surface area contributed by atoms with Crippen molar-refractivity contribution in [1.29, 1.82) is 0 Å². The van der Waals surface area contributed by atoms with Gasteiger partial charge < -0.3 is 20.6 Å². The van der Waals surface area contributed by atoms with Gasteiger partial charge in [0.15, 0.2) is 0 Å². The Hall–Kier alpha value is -1.76. The third kappa shape index (κ3) is 4.20. The second-order valence-corrected chi connectivity index (χ2v) is 7.11. The highest BCUT2D eigenvalue weighted by atomic mass is 16.3. The summed E-state index contributed by atoms with van der Waals surface area (Å²) < 4.78 is 1.80. The van der Waals surface area contributed by atoms with Crippen molar-refractivity contribution in [3.05, 3.63) is 12.4 Å². The van der Waals surface area contributed by atoms with Crippen molar-refractivity contribution < 1.29 is 9.90 Å². The Labute approximate surface area is 143 Å². The van der Waals surface area contributed by atoms with Gasteiger partial charge in [-0.3, -0.25) is 4.68 Å². The minimum atomic E-state index is -0.0987. The number of anilines is 1. The molecule has 2 amide bonds. The summed E-state index contributed by atoms with van der Waals surface area (Å²) >= 11 is 0. The van der Waals surface area contributed by atoms with Crippen LogP contribution in [0.2, 0.25) is 0 Å². The number of hydrogen-bond acceptors (Lipinski definition) is 4. The molecule has 3 N–H and O–H groups in total. The summed E-state index contributed by atoms with van der Waals surface area (Å²) in [6.07, 6.45) is 10.2. The van der Waals surface area contributed by atoms with Gasteiger partial charge in [0.05, 0.1) is 11.9 Å². The smallest absolute Gasteiger partial charge is 0.315 e. The van der Waals surface area contributed by atoms with Crippen molar-refractivity contribution in [2.75, 3.05) is 24.6 Å². The minimum Gasteiger partial charge on any atom is -0.396 e. The zero-order chi connectivity index (χ0) is 16.9. The lowest BCUT2D eigenvalue weighted by Gasteiger charge is -2.35. The SMILES string of the molecule is Cn1cc(N2CCC[C@H](NC(=O)N[C@@H]3CCCC[C@@H]3CO)C2)cn1. The molecule has 1 aliphatic carbocycles. The number of aromatic nitrogens is 2. The monoisotopic (exact) mass is 335 g/mol. The number of amides is 2. The molecule has 3 rings (SSSR count). The van der Waals surface area contributed by atoms with E-state index in [1.165, 1.54) is 0 Å². The van der Waals surface area contributed by atoms with Gasteiger partial charge in [-0.05, 0) is 25.7 Å². The van der Waals surface area contributed by atoms with E-state index in [0.717, 1.165) is 57.3 Å². The molecule has 0 spiro atoms. The summed E-state index contributed by atoms with van der Waals surface area (Å²) in [5.74, 6) is 0.197. The number of nitrogens with one attached hydrogen (secondary N) is 2. The molecule has 1 saturated heterocycles. The number of carbonyl (C=O) groups excluding carboxylic acids is 1. The number of urea groups is 1. The first-order valence-corrected chi connectivity index (χ1v) is 9.07. The van der Waals surface area contributed by atoms with E-state index in [9.17, 15) is 9.90 Å². The molecule has 1 aromatic rings. The van der Waals surface area contributed by atoms with Crippen LogP contribution in [-0.4, -0.2) is 52.7 Å². The highest BCUT2D eigenvalue weighted by molar-refractivity contribution is 5.74. The van der Waals surface area contributed by atoms with Crippen LogP contribution in [0.5, 0.6) is 0 Å². The van der Waals surface area contributed by atoms with Crippen LogP contribution in [-0.2, 0) is 7.05 Å². The number of hydrogen-bond donors (Lipinski definition) is 3. The van der Waals surface area contributed by atoms with E-state index in [4.69, 9.17) is 0 Å². The maximum Gasteiger partial charge on any atom is 0.315 e. The van der Waals surface area contributed by atoms with E-state index < -0.39 is 0 Å². The molecule has 0 radical (unpaired) electrons. The molecule has 0 aromatic carbocycles. The van der Waals surface area contributed by atoms with E-state index >= 15 is 0 Å². The number of aryl methyl sites for hydroxylation is 1. The lowest BCUT2D eigenvalue weighted by molar-refractivity contribution is 0.153. The van der Waals surface area contributed by atoms with Gasteiger partial charge in [-0.25, -0.2) is 4.79 Å². The van der Waals surface area contributed by atoms with E-state index in [0.29, 0.717) is 0 Å². The van der Waals surface area contributed by atoms with Gasteiger partial charge in [0.1, 0.15) is 0 Å². The van der Waals surface area contributed by atoms with Crippen molar-refractivity contribution in [2.24, 2.45) is 13.0 Å². The zero-order valence-corrected chi connectivity index (χ0v) is 14.4. The Balaban J connectivity index is 1.50. The molecule has 3 atom stereocenters. The fourth-order valence-corrected chi connectivity index (χ4v) is 3.91. The van der Waals surface area contributed by atoms with Gasteiger partial charge >= 0.3 is 6.03 Å². The number of aliphatic hydroxyl groups excluding tert-OH is 1. The summed E-state index contributed by atoms with van der Waals surface area (Å²) in [7, 11) is 1.92. The van der Waals surface area contributed by atoms with Crippen molar-refractivity contribution in [1.82, 2.24) is 20.4 Å². The second-order valence-electron chi connectivity index (χ2n) is 7.11. The van der Waals surface area contributed by atoms with Crippen LogP contribution in [0, 0.1) is 5.92 Å². The quantitative estimate of drug-likeness (QED) is 0.773. The van der Waals surface area contributed by atoms with Crippen molar-refractivity contribution in [3.8, 4) is 0 Å². The first-order valence-electron chi connectivity index (χ1n) is 9.07. The van der Waals surface area contributed by atoms with Gasteiger partial charge in [0.2, 0.25) is 0 Å². The van der Waals surface area contributed by atoms with Gasteiger partial charge in [0, 0.05) is 50.9 Å². The zero-order valence-electron chi connectivity index (χ0n) is 14.4. The molecule has 1 aliphatic heterocycles. The van der Waals surface area contributed by atoms with Crippen LogP contribution >= 0.6 is 0 Å². The predicted molar refractivity (Wildman–Crippen MR) is 92.9 cm³/mol. The normalized spacial score (nSPS) is 27.8. The molecular weight excluding hydrogens is 306 g/mol. The fraction of sp³-hybridized carbons (Fsp3) is 0.765. The Bertz CT molecular complexity index is 547. The van der Waals surface area contributed by atoms with Gasteiger partial charge in [-0.1, -0.05) is 12.8 Å². The first-order chi connectivity index (χ1) is 11.7. The largest absolute Gasteiger partial charge is 0.396 e. The van der Waals surface area contributed by atoms with Crippen LogP contribution in [0.25, 0.3) is 0 Å². The molecule has 2 fully saturated rings. The molecule has 2 aliphatic rings. The molecule has 1 aromatic heterocycles. The molecule has 0 unspecified atom stereocenters. The Morgan fingerprint density at radius 2 is 2.12 bits per heavy atom. The van der Waals surface area contributed by atoms with Gasteiger partial charge in [-0.2, -0.15) is 5.10 Å². The van der Waals surface area contributed by atoms with Gasteiger partial charge in [0.25, 0.3) is 0 Å². The van der Waals surface area contributed by atoms with Crippen molar-refractivity contribution in [3.63, 3.8) is 0 Å². The van der Waals surface area contributed by atoms with Crippen LogP contribution in [0.3, 0.4) is 0 Å². The summed E-state index contributed by atoms with van der Waals surface area (Å²) in [6.45, 7) is 1.97. The number of carbonyl (C=O) groups is 1. The first kappa shape index (κ1) is 17.1. The molecule has 134 valence electrons. The molecule has 0 bridgehead atoms. The third-order valence-electron chi connectivity index (χ3n) is 5.27. The van der Waals surface area contributed by atoms with E-state index in [1.54, 1.807) is 4.68 Å². The molecule has 2 heterocycles. The average molecular weight is 335 g/mol. The lowest BCUT2D eigenvalue weighted by atomic mass is 9.85. The highest BCUT2D eigenvalue weighted by Crippen LogP contribution is 2.24. The van der Waals surface area contributed by atoms with Crippen molar-refractivity contribution in [2.45, 2.75) is 50.6 Å². The Morgan fingerprint density at radius 1 is 1.29 bits per heavy atom. The molecule has 7 heteroatoms. The van der Waals surface area contributed by atoms with Crippen LogP contribution in [0.15, 0.2) is 12.4 Å². The van der Waals surface area contributed by atoms with E-state index in [-0.39, 0.29) is 30.6 Å². The Morgan fingerprint density at radius 3 is 2.88 bits per heavy atom. The number of nitrogens with zero attached hydrogens (tertiary/aromatic N) is 3. The maximum absolute atomic E-state index is 12.3. The Kier molecular flexibility index (Phi) is 5.60. The van der Waals surface area contributed by atoms with Crippen LogP contribution < -0.4 is 15.5 Å². The average Bonchev–Trinajstić information content (AvgIpc) is 3.02. The molecular formula is C17H29N5O2. The summed E-state index contributed by atoms with van der Waals surface area (Å²) in [5.41, 5.74) is 1.11. The minimum absolute atomic E-state index is 0.0987. The van der Waals surface area contributed by atoms with Crippen LogP contribution in [0.4, 0.5) is 10.5 Å². The molecule has 24 heavy (non-hydrogen) atoms. The number of aliphatic hydroxyl groups is 1. The second kappa shape index (κ2) is 7.88. The van der Waals surface area contributed by atoms with Gasteiger partial charge in [-0.15, -0.1) is 0 Å². The molecule has 1 saturated carbocycles. The topological polar surface area (TPSA) is 82.4 Å². The summed E-state index contributed by atoms with van der Waals surface area (Å²) in [5, 5.41) is 19.9. The number of rotatable bonds is 4. The number of piperidine rings is 1. The fourth-order valence-electron chi connectivity index (χ4n) is 3.91. The standard InChI is InChI=1S/C17H29N5O2/c1-21-11-15(9-18-21)22-8-4-6-14(10-22)19-17(24)20-16-7-3-2-5-13(16)12-23/h9,11,13-14,16,23H,2-8,10,12H2,1H3,(H2,19,20,24)/t13-,14+,16-/m1/s1. The lowest BCUT2D eigenvalue weighted by Crippen LogP contribution is -2.54. The van der Waals surface area contributed by atoms with E-state index in [2.05, 4.69) is 20.6 Å². The molecule has 7 nitrogen and oxygen atoms in total. The third-order valence-corrected chi connectivity index (χ3v) is 5.27. The van der Waals surface area contributed by atoms with Crippen LogP contribution in [0.1, 0.15) is 38.5 Å². The van der Waals surface area contributed by atoms with E-state index in [1.807, 2.05) is 19.4 Å². The van der Waals surface area contributed by atoms with Crippen molar-refractivity contribution >= 4 is 11.7 Å².